The maximum atomic E-state index is 13.6. The number of hydrogen-bond acceptors (Lipinski definition) is 7. The van der Waals surface area contributed by atoms with Crippen LogP contribution in [-0.4, -0.2) is 39.9 Å². The average Bonchev–Trinajstić information content (AvgIpc) is 3.06. The number of thiophene rings is 1. The number of benzene rings is 1. The number of hydrogen-bond donors (Lipinski definition) is 2. The van der Waals surface area contributed by atoms with Gasteiger partial charge in [-0.15, -0.1) is 11.3 Å². The Kier molecular flexibility index (Phi) is 7.48. The first kappa shape index (κ1) is 24.8. The molecule has 0 aliphatic carbocycles. The van der Waals surface area contributed by atoms with Crippen LogP contribution in [0.25, 0.3) is 15.9 Å². The van der Waals surface area contributed by atoms with Gasteiger partial charge in [0.15, 0.2) is 5.16 Å². The molecule has 0 spiro atoms. The molecule has 33 heavy (non-hydrogen) atoms. The normalized spacial score (nSPS) is 11.5. The molecule has 2 heterocycles. The number of nitrogens with zero attached hydrogens (tertiary/aromatic N) is 2. The number of thioether (sulfide) groups is 1. The first-order valence-corrected chi connectivity index (χ1v) is 12.3. The molecule has 0 unspecified atom stereocenters. The molecule has 0 fully saturated rings. The summed E-state index contributed by atoms with van der Waals surface area (Å²) in [7, 11) is 1.56. The van der Waals surface area contributed by atoms with Crippen LogP contribution in [0.1, 0.15) is 38.1 Å². The van der Waals surface area contributed by atoms with Crippen molar-refractivity contribution in [2.45, 2.75) is 51.7 Å². The van der Waals surface area contributed by atoms with Gasteiger partial charge in [0.05, 0.1) is 23.9 Å². The summed E-state index contributed by atoms with van der Waals surface area (Å²) in [6, 6.07) is 6.56. The highest BCUT2D eigenvalue weighted by atomic mass is 32.2. The van der Waals surface area contributed by atoms with Crippen molar-refractivity contribution in [1.82, 2.24) is 20.2 Å². The summed E-state index contributed by atoms with van der Waals surface area (Å²) in [6.07, 6.45) is 0.805. The minimum absolute atomic E-state index is 0.0789. The van der Waals surface area contributed by atoms with Gasteiger partial charge < -0.3 is 10.1 Å². The third-order valence-electron chi connectivity index (χ3n) is 4.74. The lowest BCUT2D eigenvalue weighted by Gasteiger charge is -2.20. The number of rotatable bonds is 6. The van der Waals surface area contributed by atoms with Gasteiger partial charge in [-0.3, -0.25) is 19.5 Å². The Labute approximate surface area is 200 Å². The summed E-state index contributed by atoms with van der Waals surface area (Å²) in [4.78, 5) is 44.5. The number of aryl methyl sites for hydroxylation is 2. The molecule has 0 saturated carbocycles. The van der Waals surface area contributed by atoms with Crippen molar-refractivity contribution >= 4 is 45.3 Å². The number of amides is 3. The van der Waals surface area contributed by atoms with Crippen LogP contribution >= 0.6 is 23.1 Å². The van der Waals surface area contributed by atoms with Crippen molar-refractivity contribution in [2.75, 3.05) is 12.9 Å². The summed E-state index contributed by atoms with van der Waals surface area (Å²) in [5.74, 6) is 0.0398. The summed E-state index contributed by atoms with van der Waals surface area (Å²) < 4.78 is 6.82. The third kappa shape index (κ3) is 5.75. The van der Waals surface area contributed by atoms with Crippen molar-refractivity contribution in [3.63, 3.8) is 0 Å². The number of ether oxygens (including phenoxy) is 1. The molecule has 176 valence electrons. The number of imide groups is 1. The highest BCUT2D eigenvalue weighted by Crippen LogP contribution is 2.31. The highest BCUT2D eigenvalue weighted by molar-refractivity contribution is 7.99. The van der Waals surface area contributed by atoms with Crippen molar-refractivity contribution in [3.05, 3.63) is 45.1 Å². The van der Waals surface area contributed by atoms with E-state index in [0.717, 1.165) is 28.6 Å². The average molecular weight is 489 g/mol. The summed E-state index contributed by atoms with van der Waals surface area (Å²) in [5.41, 5.74) is 0.853. The van der Waals surface area contributed by atoms with Crippen LogP contribution in [0.15, 0.2) is 34.2 Å². The molecule has 0 bridgehead atoms. The molecule has 8 nitrogen and oxygen atoms in total. The lowest BCUT2D eigenvalue weighted by atomic mass is 10.1. The Hall–Kier alpha value is -2.85. The van der Waals surface area contributed by atoms with Gasteiger partial charge in [-0.05, 0) is 51.8 Å². The molecule has 3 amide bonds. The van der Waals surface area contributed by atoms with Crippen LogP contribution in [0.4, 0.5) is 4.79 Å². The predicted octanol–water partition coefficient (Wildman–Crippen LogP) is 4.04. The molecule has 10 heteroatoms. The molecule has 1 aromatic carbocycles. The summed E-state index contributed by atoms with van der Waals surface area (Å²) in [5, 5.41) is 5.95. The van der Waals surface area contributed by atoms with Gasteiger partial charge in [-0.1, -0.05) is 24.8 Å². The molecule has 0 saturated heterocycles. The van der Waals surface area contributed by atoms with E-state index in [1.807, 2.05) is 34.6 Å². The second-order valence-electron chi connectivity index (χ2n) is 8.46. The Balaban J connectivity index is 2.00. The number of nitrogens with one attached hydrogen (secondary N) is 2. The van der Waals surface area contributed by atoms with Gasteiger partial charge in [-0.25, -0.2) is 9.78 Å². The number of carbonyl (C=O) groups excluding carboxylic acids is 2. The summed E-state index contributed by atoms with van der Waals surface area (Å²) in [6.45, 7) is 9.45. The number of fused-ring (bicyclic) bond motifs is 1. The zero-order chi connectivity index (χ0) is 24.3. The van der Waals surface area contributed by atoms with Crippen LogP contribution in [0.5, 0.6) is 5.75 Å². The van der Waals surface area contributed by atoms with Crippen LogP contribution in [0, 0.1) is 6.92 Å². The van der Waals surface area contributed by atoms with E-state index in [1.54, 1.807) is 31.4 Å². The second kappa shape index (κ2) is 9.96. The van der Waals surface area contributed by atoms with Gasteiger partial charge in [0.2, 0.25) is 5.91 Å². The fraction of sp³-hybridized carbons (Fsp3) is 0.391. The Bertz CT molecular complexity index is 1260. The maximum absolute atomic E-state index is 13.6. The van der Waals surface area contributed by atoms with Gasteiger partial charge in [0, 0.05) is 16.5 Å². The maximum Gasteiger partial charge on any atom is 0.321 e. The van der Waals surface area contributed by atoms with E-state index in [1.165, 1.54) is 15.9 Å². The fourth-order valence-electron chi connectivity index (χ4n) is 3.29. The SMILES string of the molecule is CCc1sc2nc(SCC(=O)NC(=O)NC(C)(C)C)n(-c3cccc(OC)c3)c(=O)c2c1C. The molecule has 2 aromatic heterocycles. The molecular weight excluding hydrogens is 460 g/mol. The topological polar surface area (TPSA) is 102 Å². The molecule has 0 aliphatic rings. The van der Waals surface area contributed by atoms with Gasteiger partial charge in [0.25, 0.3) is 5.56 Å². The van der Waals surface area contributed by atoms with Crippen molar-refractivity contribution in [2.24, 2.45) is 0 Å². The molecule has 0 atom stereocenters. The second-order valence-corrected chi connectivity index (χ2v) is 10.5. The highest BCUT2D eigenvalue weighted by Gasteiger charge is 2.21. The smallest absolute Gasteiger partial charge is 0.321 e. The first-order valence-electron chi connectivity index (χ1n) is 10.5. The lowest BCUT2D eigenvalue weighted by molar-refractivity contribution is -0.117. The Morgan fingerprint density at radius 2 is 2.00 bits per heavy atom. The monoisotopic (exact) mass is 488 g/mol. The van der Waals surface area contributed by atoms with E-state index in [0.29, 0.717) is 26.8 Å². The Morgan fingerprint density at radius 1 is 1.27 bits per heavy atom. The van der Waals surface area contributed by atoms with Gasteiger partial charge in [-0.2, -0.15) is 0 Å². The van der Waals surface area contributed by atoms with Crippen LogP contribution in [0.3, 0.4) is 0 Å². The minimum atomic E-state index is -0.567. The standard InChI is InChI=1S/C23H28N4O4S2/c1-7-16-13(2)18-19(33-16)25-22(32-12-17(28)24-21(30)26-23(3,4)5)27(20(18)29)14-9-8-10-15(11-14)31-6/h8-11H,7,12H2,1-6H3,(H2,24,26,28,30). The first-order chi connectivity index (χ1) is 15.5. The van der Waals surface area contributed by atoms with Gasteiger partial charge in [0.1, 0.15) is 10.6 Å². The quantitative estimate of drug-likeness (QED) is 0.401. The van der Waals surface area contributed by atoms with E-state index >= 15 is 0 Å². The molecule has 0 aliphatic heterocycles. The molecule has 2 N–H and O–H groups in total. The van der Waals surface area contributed by atoms with Crippen molar-refractivity contribution < 1.29 is 14.3 Å². The number of methoxy groups -OCH3 is 1. The van der Waals surface area contributed by atoms with Crippen LogP contribution < -0.4 is 20.9 Å². The largest absolute Gasteiger partial charge is 0.497 e. The van der Waals surface area contributed by atoms with Gasteiger partial charge >= 0.3 is 6.03 Å². The number of carbonyl (C=O) groups is 2. The third-order valence-corrected chi connectivity index (χ3v) is 7.01. The number of aromatic nitrogens is 2. The minimum Gasteiger partial charge on any atom is -0.497 e. The molecule has 3 aromatic rings. The van der Waals surface area contributed by atoms with E-state index in [-0.39, 0.29) is 11.3 Å². The van der Waals surface area contributed by atoms with Crippen LogP contribution in [0.2, 0.25) is 0 Å². The zero-order valence-corrected chi connectivity index (χ0v) is 21.2. The predicted molar refractivity (Wildman–Crippen MR) is 133 cm³/mol. The summed E-state index contributed by atoms with van der Waals surface area (Å²) >= 11 is 2.59. The van der Waals surface area contributed by atoms with E-state index in [9.17, 15) is 14.4 Å². The number of urea groups is 1. The Morgan fingerprint density at radius 3 is 2.64 bits per heavy atom. The van der Waals surface area contributed by atoms with Crippen molar-refractivity contribution in [1.29, 1.82) is 0 Å². The van der Waals surface area contributed by atoms with E-state index in [2.05, 4.69) is 10.6 Å². The van der Waals surface area contributed by atoms with E-state index in [4.69, 9.17) is 9.72 Å². The van der Waals surface area contributed by atoms with Crippen molar-refractivity contribution in [3.8, 4) is 11.4 Å². The fourth-order valence-corrected chi connectivity index (χ4v) is 5.26. The van der Waals surface area contributed by atoms with E-state index < -0.39 is 17.5 Å². The zero-order valence-electron chi connectivity index (χ0n) is 19.6. The molecular formula is C23H28N4O4S2. The lowest BCUT2D eigenvalue weighted by Crippen LogP contribution is -2.48. The molecule has 0 radical (unpaired) electrons. The molecule has 3 rings (SSSR count). The van der Waals surface area contributed by atoms with Crippen LogP contribution in [-0.2, 0) is 11.2 Å².